The molecule has 2 bridgehead atoms. The molecule has 3 nitrogen and oxygen atoms in total. The fourth-order valence-electron chi connectivity index (χ4n) is 2.82. The minimum absolute atomic E-state index is 0.318. The lowest BCUT2D eigenvalue weighted by molar-refractivity contribution is -0.0606. The van der Waals surface area contributed by atoms with Crippen molar-refractivity contribution in [3.8, 4) is 0 Å². The van der Waals surface area contributed by atoms with Crippen LogP contribution in [0, 0.1) is 11.3 Å². The zero-order valence-corrected chi connectivity index (χ0v) is 10.1. The largest absolute Gasteiger partial charge is 0.523 e. The predicted molar refractivity (Wildman–Crippen MR) is 54.6 cm³/mol. The Morgan fingerprint density at radius 1 is 1.12 bits per heavy atom. The van der Waals surface area contributed by atoms with E-state index in [1.54, 1.807) is 0 Å². The normalized spacial score (nSPS) is 33.9. The van der Waals surface area contributed by atoms with Gasteiger partial charge >= 0.3 is 15.6 Å². The molecule has 0 saturated heterocycles. The Kier molecular flexibility index (Phi) is 3.18. The number of rotatable bonds is 3. The van der Waals surface area contributed by atoms with Crippen LogP contribution in [0.3, 0.4) is 0 Å². The van der Waals surface area contributed by atoms with Crippen molar-refractivity contribution >= 4 is 10.1 Å². The van der Waals surface area contributed by atoms with Crippen molar-refractivity contribution in [2.75, 3.05) is 6.61 Å². The number of alkyl halides is 3. The highest BCUT2D eigenvalue weighted by Gasteiger charge is 2.49. The molecule has 3 fully saturated rings. The van der Waals surface area contributed by atoms with Gasteiger partial charge in [0.15, 0.2) is 0 Å². The first-order valence-electron chi connectivity index (χ1n) is 5.70. The average Bonchev–Trinajstić information content (AvgIpc) is 2.28. The van der Waals surface area contributed by atoms with Crippen molar-refractivity contribution in [2.45, 2.75) is 44.0 Å². The van der Waals surface area contributed by atoms with Gasteiger partial charge in [0.25, 0.3) is 0 Å². The summed E-state index contributed by atoms with van der Waals surface area (Å²) >= 11 is 0. The standard InChI is InChI=1S/C10H15F3O3S/c11-10(12,13)17(14,15)16-7-9-4-1-8(2-5-9)3-6-9/h8H,1-7H2. The summed E-state index contributed by atoms with van der Waals surface area (Å²) < 4.78 is 62.2. The zero-order valence-electron chi connectivity index (χ0n) is 9.29. The van der Waals surface area contributed by atoms with Crippen molar-refractivity contribution in [3.05, 3.63) is 0 Å². The van der Waals surface area contributed by atoms with Crippen LogP contribution in [0.15, 0.2) is 0 Å². The van der Waals surface area contributed by atoms with E-state index in [0.29, 0.717) is 5.92 Å². The molecule has 0 atom stereocenters. The average molecular weight is 272 g/mol. The fourth-order valence-corrected chi connectivity index (χ4v) is 3.36. The fraction of sp³-hybridized carbons (Fsp3) is 1.00. The van der Waals surface area contributed by atoms with Crippen LogP contribution in [0.25, 0.3) is 0 Å². The van der Waals surface area contributed by atoms with E-state index < -0.39 is 15.6 Å². The number of halogens is 3. The summed E-state index contributed by atoms with van der Waals surface area (Å²) in [5.74, 6) is 0.677. The molecular formula is C10H15F3O3S. The first-order chi connectivity index (χ1) is 7.74. The molecule has 0 unspecified atom stereocenters. The molecule has 3 saturated carbocycles. The molecule has 0 spiro atoms. The molecule has 17 heavy (non-hydrogen) atoms. The zero-order chi connectivity index (χ0) is 12.7. The van der Waals surface area contributed by atoms with E-state index in [1.807, 2.05) is 0 Å². The molecule has 0 aliphatic heterocycles. The molecule has 3 aliphatic rings. The van der Waals surface area contributed by atoms with Gasteiger partial charge in [-0.2, -0.15) is 21.6 Å². The minimum atomic E-state index is -5.43. The van der Waals surface area contributed by atoms with E-state index in [0.717, 1.165) is 38.5 Å². The van der Waals surface area contributed by atoms with Crippen molar-refractivity contribution in [1.29, 1.82) is 0 Å². The molecule has 0 aromatic rings. The Labute approximate surface area is 98.5 Å². The quantitative estimate of drug-likeness (QED) is 0.586. The number of hydrogen-bond acceptors (Lipinski definition) is 3. The van der Waals surface area contributed by atoms with Crippen LogP contribution in [0.1, 0.15) is 38.5 Å². The van der Waals surface area contributed by atoms with Gasteiger partial charge in [-0.3, -0.25) is 4.18 Å². The maximum Gasteiger partial charge on any atom is 0.523 e. The van der Waals surface area contributed by atoms with E-state index in [-0.39, 0.29) is 12.0 Å². The lowest BCUT2D eigenvalue weighted by atomic mass is 9.61. The van der Waals surface area contributed by atoms with Crippen molar-refractivity contribution in [3.63, 3.8) is 0 Å². The number of fused-ring (bicyclic) bond motifs is 3. The molecule has 3 rings (SSSR count). The third-order valence-corrected chi connectivity index (χ3v) is 5.05. The van der Waals surface area contributed by atoms with Gasteiger partial charge in [-0.05, 0) is 49.9 Å². The molecule has 0 amide bonds. The van der Waals surface area contributed by atoms with E-state index in [2.05, 4.69) is 4.18 Å². The Balaban J connectivity index is 1.98. The van der Waals surface area contributed by atoms with Crippen LogP contribution in [0.4, 0.5) is 13.2 Å². The first-order valence-corrected chi connectivity index (χ1v) is 7.11. The van der Waals surface area contributed by atoms with Gasteiger partial charge in [0.1, 0.15) is 0 Å². The van der Waals surface area contributed by atoms with Crippen LogP contribution in [0.5, 0.6) is 0 Å². The highest BCUT2D eigenvalue weighted by molar-refractivity contribution is 7.87. The van der Waals surface area contributed by atoms with Crippen LogP contribution < -0.4 is 0 Å². The second-order valence-electron chi connectivity index (χ2n) is 5.14. The van der Waals surface area contributed by atoms with Gasteiger partial charge in [0.05, 0.1) is 6.61 Å². The molecule has 0 aromatic heterocycles. The van der Waals surface area contributed by atoms with Gasteiger partial charge in [-0.1, -0.05) is 0 Å². The summed E-state index contributed by atoms with van der Waals surface area (Å²) in [5, 5.41) is 0. The van der Waals surface area contributed by atoms with Crippen molar-refractivity contribution in [1.82, 2.24) is 0 Å². The van der Waals surface area contributed by atoms with Gasteiger partial charge in [-0.25, -0.2) is 0 Å². The Morgan fingerprint density at radius 2 is 1.59 bits per heavy atom. The summed E-state index contributed by atoms with van der Waals surface area (Å²) in [4.78, 5) is 0. The van der Waals surface area contributed by atoms with Gasteiger partial charge in [0.2, 0.25) is 0 Å². The van der Waals surface area contributed by atoms with Gasteiger partial charge < -0.3 is 0 Å². The van der Waals surface area contributed by atoms with E-state index in [1.165, 1.54) is 0 Å². The topological polar surface area (TPSA) is 43.4 Å². The van der Waals surface area contributed by atoms with Crippen LogP contribution in [-0.4, -0.2) is 20.5 Å². The van der Waals surface area contributed by atoms with E-state index >= 15 is 0 Å². The monoisotopic (exact) mass is 272 g/mol. The SMILES string of the molecule is O=S(=O)(OCC12CCC(CC1)CC2)C(F)(F)F. The molecule has 3 aliphatic carbocycles. The van der Waals surface area contributed by atoms with Crippen LogP contribution in [0.2, 0.25) is 0 Å². The molecular weight excluding hydrogens is 257 g/mol. The minimum Gasteiger partial charge on any atom is -0.263 e. The van der Waals surface area contributed by atoms with Crippen LogP contribution in [-0.2, 0) is 14.3 Å². The van der Waals surface area contributed by atoms with Crippen molar-refractivity contribution < 1.29 is 25.8 Å². The second kappa shape index (κ2) is 4.12. The molecule has 0 heterocycles. The number of hydrogen-bond donors (Lipinski definition) is 0. The maximum atomic E-state index is 12.1. The molecule has 7 heteroatoms. The summed E-state index contributed by atoms with van der Waals surface area (Å²) in [7, 11) is -5.43. The van der Waals surface area contributed by atoms with E-state index in [4.69, 9.17) is 0 Å². The van der Waals surface area contributed by atoms with Crippen LogP contribution >= 0.6 is 0 Å². The Hall–Kier alpha value is -0.300. The lowest BCUT2D eigenvalue weighted by Crippen LogP contribution is -2.39. The Morgan fingerprint density at radius 3 is 2.00 bits per heavy atom. The maximum absolute atomic E-state index is 12.1. The smallest absolute Gasteiger partial charge is 0.263 e. The third kappa shape index (κ3) is 2.59. The van der Waals surface area contributed by atoms with Gasteiger partial charge in [-0.15, -0.1) is 0 Å². The first kappa shape index (κ1) is 13.1. The highest BCUT2D eigenvalue weighted by atomic mass is 32.2. The Bertz CT molecular complexity index is 366. The van der Waals surface area contributed by atoms with Crippen molar-refractivity contribution in [2.24, 2.45) is 11.3 Å². The highest BCUT2D eigenvalue weighted by Crippen LogP contribution is 2.50. The molecule has 0 N–H and O–H groups in total. The summed E-state index contributed by atoms with van der Waals surface area (Å²) in [5.41, 5.74) is -5.65. The molecule has 0 radical (unpaired) electrons. The third-order valence-electron chi connectivity index (χ3n) is 4.05. The summed E-state index contributed by atoms with van der Waals surface area (Å²) in [6.45, 7) is -0.318. The van der Waals surface area contributed by atoms with Gasteiger partial charge in [0, 0.05) is 0 Å². The predicted octanol–water partition coefficient (Wildman–Crippen LogP) is 2.82. The van der Waals surface area contributed by atoms with E-state index in [9.17, 15) is 21.6 Å². The second-order valence-corrected chi connectivity index (χ2v) is 6.75. The molecule has 100 valence electrons. The molecule has 0 aromatic carbocycles. The lowest BCUT2D eigenvalue weighted by Gasteiger charge is -2.46. The summed E-state index contributed by atoms with van der Waals surface area (Å²) in [6, 6.07) is 0. The summed E-state index contributed by atoms with van der Waals surface area (Å²) in [6.07, 6.45) is 5.29.